The Balaban J connectivity index is 2.47. The van der Waals surface area contributed by atoms with Crippen LogP contribution < -0.4 is 0 Å². The van der Waals surface area contributed by atoms with Crippen molar-refractivity contribution in [2.45, 2.75) is 38.7 Å². The first-order valence-corrected chi connectivity index (χ1v) is 6.04. The fraction of sp³-hybridized carbons (Fsp3) is 1.00. The van der Waals surface area contributed by atoms with Crippen LogP contribution >= 0.6 is 15.9 Å². The summed E-state index contributed by atoms with van der Waals surface area (Å²) in [7, 11) is 1.85. The SMILES string of the molecule is CCC(CBr)C1CCCC1OC. The number of ether oxygens (including phenoxy) is 1. The molecule has 2 heteroatoms. The molecule has 1 nitrogen and oxygen atoms in total. The summed E-state index contributed by atoms with van der Waals surface area (Å²) >= 11 is 3.59. The molecule has 72 valence electrons. The molecule has 3 atom stereocenters. The van der Waals surface area contributed by atoms with E-state index in [0.717, 1.165) is 17.2 Å². The fourth-order valence-electron chi connectivity index (χ4n) is 2.31. The van der Waals surface area contributed by atoms with Crippen molar-refractivity contribution >= 4 is 15.9 Å². The van der Waals surface area contributed by atoms with Gasteiger partial charge in [-0.25, -0.2) is 0 Å². The van der Waals surface area contributed by atoms with Gasteiger partial charge in [-0.2, -0.15) is 0 Å². The van der Waals surface area contributed by atoms with Crippen molar-refractivity contribution in [1.29, 1.82) is 0 Å². The number of halogens is 1. The molecule has 3 unspecified atom stereocenters. The highest BCUT2D eigenvalue weighted by atomic mass is 79.9. The van der Waals surface area contributed by atoms with Crippen LogP contribution in [0, 0.1) is 11.8 Å². The molecule has 12 heavy (non-hydrogen) atoms. The lowest BCUT2D eigenvalue weighted by Gasteiger charge is -2.25. The van der Waals surface area contributed by atoms with Gasteiger partial charge in [-0.3, -0.25) is 0 Å². The second-order valence-electron chi connectivity index (χ2n) is 3.69. The molecule has 0 aromatic heterocycles. The average Bonchev–Trinajstić information content (AvgIpc) is 2.55. The molecule has 0 amide bonds. The highest BCUT2D eigenvalue weighted by Gasteiger charge is 2.32. The largest absolute Gasteiger partial charge is 0.381 e. The lowest BCUT2D eigenvalue weighted by molar-refractivity contribution is 0.0512. The van der Waals surface area contributed by atoms with Crippen molar-refractivity contribution in [2.24, 2.45) is 11.8 Å². The highest BCUT2D eigenvalue weighted by molar-refractivity contribution is 9.09. The van der Waals surface area contributed by atoms with Gasteiger partial charge in [-0.05, 0) is 24.7 Å². The number of methoxy groups -OCH3 is 1. The quantitative estimate of drug-likeness (QED) is 0.680. The summed E-state index contributed by atoms with van der Waals surface area (Å²) in [5.41, 5.74) is 0. The second-order valence-corrected chi connectivity index (χ2v) is 4.34. The minimum atomic E-state index is 0.535. The van der Waals surface area contributed by atoms with Gasteiger partial charge in [0.05, 0.1) is 6.10 Å². The van der Waals surface area contributed by atoms with Crippen LogP contribution in [0.25, 0.3) is 0 Å². The minimum absolute atomic E-state index is 0.535. The summed E-state index contributed by atoms with van der Waals surface area (Å²) in [6, 6.07) is 0. The standard InChI is InChI=1S/C10H19BrO/c1-3-8(7-11)9-5-4-6-10(9)12-2/h8-10H,3-7H2,1-2H3. The van der Waals surface area contributed by atoms with Crippen LogP contribution in [-0.4, -0.2) is 18.5 Å². The molecular formula is C10H19BrO. The molecule has 0 aliphatic heterocycles. The van der Waals surface area contributed by atoms with E-state index < -0.39 is 0 Å². The predicted octanol–water partition coefficient (Wildman–Crippen LogP) is 3.22. The van der Waals surface area contributed by atoms with E-state index in [2.05, 4.69) is 22.9 Å². The van der Waals surface area contributed by atoms with Crippen LogP contribution in [0.4, 0.5) is 0 Å². The smallest absolute Gasteiger partial charge is 0.0602 e. The molecule has 1 aliphatic rings. The summed E-state index contributed by atoms with van der Waals surface area (Å²) in [6.07, 6.45) is 5.79. The van der Waals surface area contributed by atoms with Crippen LogP contribution in [0.15, 0.2) is 0 Å². The molecule has 0 aromatic carbocycles. The zero-order valence-electron chi connectivity index (χ0n) is 8.05. The molecule has 1 fully saturated rings. The Bertz CT molecular complexity index is 123. The van der Waals surface area contributed by atoms with Gasteiger partial charge in [-0.15, -0.1) is 0 Å². The van der Waals surface area contributed by atoms with Crippen LogP contribution in [0.2, 0.25) is 0 Å². The lowest BCUT2D eigenvalue weighted by atomic mass is 9.89. The molecule has 0 saturated heterocycles. The van der Waals surface area contributed by atoms with E-state index in [4.69, 9.17) is 4.74 Å². The fourth-order valence-corrected chi connectivity index (χ4v) is 3.25. The van der Waals surface area contributed by atoms with Gasteiger partial charge < -0.3 is 4.74 Å². The number of hydrogen-bond donors (Lipinski definition) is 0. The summed E-state index contributed by atoms with van der Waals surface area (Å²) in [4.78, 5) is 0. The summed E-state index contributed by atoms with van der Waals surface area (Å²) in [5.74, 6) is 1.62. The summed E-state index contributed by atoms with van der Waals surface area (Å²) in [6.45, 7) is 2.27. The normalized spacial score (nSPS) is 32.2. The zero-order chi connectivity index (χ0) is 8.97. The van der Waals surface area contributed by atoms with Crippen molar-refractivity contribution in [2.75, 3.05) is 12.4 Å². The third-order valence-electron chi connectivity index (χ3n) is 3.13. The Morgan fingerprint density at radius 3 is 2.75 bits per heavy atom. The molecule has 0 bridgehead atoms. The first kappa shape index (κ1) is 10.5. The van der Waals surface area contributed by atoms with Crippen LogP contribution in [0.3, 0.4) is 0 Å². The first-order valence-electron chi connectivity index (χ1n) is 4.92. The Morgan fingerprint density at radius 2 is 2.25 bits per heavy atom. The van der Waals surface area contributed by atoms with Crippen LogP contribution in [0.1, 0.15) is 32.6 Å². The topological polar surface area (TPSA) is 9.23 Å². The third-order valence-corrected chi connectivity index (χ3v) is 3.97. The van der Waals surface area contributed by atoms with Gasteiger partial charge in [0, 0.05) is 12.4 Å². The van der Waals surface area contributed by atoms with E-state index in [1.54, 1.807) is 0 Å². The predicted molar refractivity (Wildman–Crippen MR) is 55.7 cm³/mol. The Morgan fingerprint density at radius 1 is 1.50 bits per heavy atom. The molecule has 0 spiro atoms. The first-order chi connectivity index (χ1) is 5.83. The van der Waals surface area contributed by atoms with Gasteiger partial charge in [0.25, 0.3) is 0 Å². The van der Waals surface area contributed by atoms with Gasteiger partial charge >= 0.3 is 0 Å². The maximum atomic E-state index is 5.49. The molecule has 0 aromatic rings. The number of hydrogen-bond acceptors (Lipinski definition) is 1. The van der Waals surface area contributed by atoms with E-state index in [1.165, 1.54) is 25.7 Å². The second kappa shape index (κ2) is 5.23. The van der Waals surface area contributed by atoms with E-state index in [1.807, 2.05) is 7.11 Å². The van der Waals surface area contributed by atoms with Crippen molar-refractivity contribution in [3.05, 3.63) is 0 Å². The molecule has 0 radical (unpaired) electrons. The zero-order valence-corrected chi connectivity index (χ0v) is 9.64. The van der Waals surface area contributed by atoms with Gasteiger partial charge in [-0.1, -0.05) is 35.7 Å². The van der Waals surface area contributed by atoms with Crippen molar-refractivity contribution in [3.8, 4) is 0 Å². The Kier molecular flexibility index (Phi) is 4.59. The molecular weight excluding hydrogens is 216 g/mol. The summed E-state index contributed by atoms with van der Waals surface area (Å²) < 4.78 is 5.49. The van der Waals surface area contributed by atoms with E-state index in [-0.39, 0.29) is 0 Å². The van der Waals surface area contributed by atoms with Gasteiger partial charge in [0.15, 0.2) is 0 Å². The lowest BCUT2D eigenvalue weighted by Crippen LogP contribution is -2.25. The van der Waals surface area contributed by atoms with Crippen molar-refractivity contribution < 1.29 is 4.74 Å². The van der Waals surface area contributed by atoms with Crippen molar-refractivity contribution in [3.63, 3.8) is 0 Å². The molecule has 1 aliphatic carbocycles. The Hall–Kier alpha value is 0.440. The summed E-state index contributed by atoms with van der Waals surface area (Å²) in [5, 5.41) is 1.13. The van der Waals surface area contributed by atoms with Crippen LogP contribution in [0.5, 0.6) is 0 Å². The van der Waals surface area contributed by atoms with Gasteiger partial charge in [0.2, 0.25) is 0 Å². The number of alkyl halides is 1. The monoisotopic (exact) mass is 234 g/mol. The Labute approximate surface area is 84.0 Å². The molecule has 0 heterocycles. The maximum Gasteiger partial charge on any atom is 0.0602 e. The van der Waals surface area contributed by atoms with E-state index in [0.29, 0.717) is 6.10 Å². The highest BCUT2D eigenvalue weighted by Crippen LogP contribution is 2.35. The molecule has 1 saturated carbocycles. The molecule has 0 N–H and O–H groups in total. The third kappa shape index (κ3) is 2.23. The van der Waals surface area contributed by atoms with Gasteiger partial charge in [0.1, 0.15) is 0 Å². The average molecular weight is 235 g/mol. The number of rotatable bonds is 4. The van der Waals surface area contributed by atoms with E-state index >= 15 is 0 Å². The maximum absolute atomic E-state index is 5.49. The van der Waals surface area contributed by atoms with Crippen LogP contribution in [-0.2, 0) is 4.74 Å². The minimum Gasteiger partial charge on any atom is -0.381 e. The van der Waals surface area contributed by atoms with Crippen molar-refractivity contribution in [1.82, 2.24) is 0 Å². The molecule has 1 rings (SSSR count). The van der Waals surface area contributed by atoms with E-state index in [9.17, 15) is 0 Å².